The predicted molar refractivity (Wildman–Crippen MR) is 128 cm³/mol. The van der Waals surface area contributed by atoms with Crippen molar-refractivity contribution in [2.75, 3.05) is 21.3 Å². The highest BCUT2D eigenvalue weighted by Gasteiger charge is 2.16. The summed E-state index contributed by atoms with van der Waals surface area (Å²) in [5.74, 6) is 1.09. The lowest BCUT2D eigenvalue weighted by Gasteiger charge is -2.13. The summed E-state index contributed by atoms with van der Waals surface area (Å²) in [5.41, 5.74) is 6.09. The molecule has 166 valence electrons. The molecule has 1 N–H and O–H groups in total. The fraction of sp³-hybridized carbons (Fsp3) is 0.115. The molecule has 1 amide bonds. The van der Waals surface area contributed by atoms with Gasteiger partial charge in [-0.2, -0.15) is 5.10 Å². The first kappa shape index (κ1) is 21.8. The number of benzene rings is 3. The molecule has 7 heteroatoms. The van der Waals surface area contributed by atoms with Crippen LogP contribution < -0.4 is 19.6 Å². The second-order valence-corrected chi connectivity index (χ2v) is 7.06. The fourth-order valence-electron chi connectivity index (χ4n) is 3.57. The van der Waals surface area contributed by atoms with Crippen LogP contribution in [-0.4, -0.2) is 38.4 Å². The topological polar surface area (TPSA) is 82.0 Å². The normalized spacial score (nSPS) is 10.9. The van der Waals surface area contributed by atoms with Crippen LogP contribution in [0.5, 0.6) is 17.2 Å². The number of amides is 1. The number of aromatic nitrogens is 1. The van der Waals surface area contributed by atoms with Crippen molar-refractivity contribution < 1.29 is 19.0 Å². The largest absolute Gasteiger partial charge is 0.493 e. The van der Waals surface area contributed by atoms with Crippen LogP contribution in [0, 0.1) is 0 Å². The van der Waals surface area contributed by atoms with Gasteiger partial charge in [0.05, 0.1) is 44.3 Å². The maximum atomic E-state index is 13.1. The summed E-state index contributed by atoms with van der Waals surface area (Å²) in [5, 5.41) is 4.89. The zero-order chi connectivity index (χ0) is 23.2. The first-order chi connectivity index (χ1) is 16.2. The van der Waals surface area contributed by atoms with E-state index in [9.17, 15) is 4.79 Å². The molecule has 4 rings (SSSR count). The van der Waals surface area contributed by atoms with Gasteiger partial charge in [-0.3, -0.25) is 4.79 Å². The van der Waals surface area contributed by atoms with E-state index in [0.29, 0.717) is 34.1 Å². The van der Waals surface area contributed by atoms with Crippen molar-refractivity contribution in [2.24, 2.45) is 5.10 Å². The molecule has 0 unspecified atom stereocenters. The second-order valence-electron chi connectivity index (χ2n) is 7.06. The molecule has 0 aliphatic rings. The van der Waals surface area contributed by atoms with Gasteiger partial charge in [-0.1, -0.05) is 48.5 Å². The number of fused-ring (bicyclic) bond motifs is 1. The minimum atomic E-state index is -0.346. The van der Waals surface area contributed by atoms with E-state index in [1.165, 1.54) is 20.4 Å². The van der Waals surface area contributed by atoms with E-state index in [2.05, 4.69) is 10.5 Å². The number of nitrogens with one attached hydrogen (secondary N) is 1. The van der Waals surface area contributed by atoms with Crippen LogP contribution in [0.2, 0.25) is 0 Å². The number of hydrogen-bond donors (Lipinski definition) is 1. The lowest BCUT2D eigenvalue weighted by molar-refractivity contribution is 0.0956. The number of pyridine rings is 1. The van der Waals surface area contributed by atoms with Gasteiger partial charge < -0.3 is 14.2 Å². The molecule has 0 bridgehead atoms. The van der Waals surface area contributed by atoms with E-state index in [1.807, 2.05) is 54.6 Å². The number of ether oxygens (including phenoxy) is 3. The van der Waals surface area contributed by atoms with Crippen LogP contribution in [0.4, 0.5) is 0 Å². The molecule has 0 aliphatic heterocycles. The summed E-state index contributed by atoms with van der Waals surface area (Å²) < 4.78 is 16.1. The Morgan fingerprint density at radius 2 is 1.61 bits per heavy atom. The van der Waals surface area contributed by atoms with Gasteiger partial charge >= 0.3 is 0 Å². The van der Waals surface area contributed by atoms with E-state index in [0.717, 1.165) is 16.5 Å². The van der Waals surface area contributed by atoms with Crippen molar-refractivity contribution in [1.29, 1.82) is 0 Å². The Labute approximate surface area is 191 Å². The van der Waals surface area contributed by atoms with Gasteiger partial charge in [-0.25, -0.2) is 10.4 Å². The highest BCUT2D eigenvalue weighted by Crippen LogP contribution is 2.39. The lowest BCUT2D eigenvalue weighted by atomic mass is 10.0. The minimum absolute atomic E-state index is 0.346. The molecule has 0 atom stereocenters. The van der Waals surface area contributed by atoms with Crippen molar-refractivity contribution in [3.05, 3.63) is 83.9 Å². The molecule has 0 fully saturated rings. The number of hydrogen-bond acceptors (Lipinski definition) is 6. The molecular weight excluding hydrogens is 418 g/mol. The van der Waals surface area contributed by atoms with Gasteiger partial charge in [0.1, 0.15) is 0 Å². The third-order valence-electron chi connectivity index (χ3n) is 5.13. The number of carbonyl (C=O) groups is 1. The molecule has 7 nitrogen and oxygen atoms in total. The SMILES string of the molecule is COc1ccc(/C=N/NC(=O)c2cc(-c3ccccc3)nc3ccccc23)c(OC)c1OC. The monoisotopic (exact) mass is 441 g/mol. The van der Waals surface area contributed by atoms with E-state index in [-0.39, 0.29) is 5.91 Å². The average molecular weight is 441 g/mol. The Hall–Kier alpha value is -4.39. The Morgan fingerprint density at radius 1 is 0.879 bits per heavy atom. The Morgan fingerprint density at radius 3 is 2.33 bits per heavy atom. The summed E-state index contributed by atoms with van der Waals surface area (Å²) in [6.45, 7) is 0. The molecule has 3 aromatic carbocycles. The molecule has 0 aliphatic carbocycles. The van der Waals surface area contributed by atoms with E-state index < -0.39 is 0 Å². The van der Waals surface area contributed by atoms with Crippen LogP contribution >= 0.6 is 0 Å². The van der Waals surface area contributed by atoms with Gasteiger partial charge in [-0.15, -0.1) is 0 Å². The van der Waals surface area contributed by atoms with Gasteiger partial charge in [-0.05, 0) is 24.3 Å². The maximum absolute atomic E-state index is 13.1. The summed E-state index contributed by atoms with van der Waals surface area (Å²) in [6, 6.07) is 22.5. The van der Waals surface area contributed by atoms with Crippen molar-refractivity contribution >= 4 is 23.0 Å². The summed E-state index contributed by atoms with van der Waals surface area (Å²) >= 11 is 0. The van der Waals surface area contributed by atoms with E-state index in [1.54, 1.807) is 25.3 Å². The number of rotatable bonds is 7. The van der Waals surface area contributed by atoms with Crippen LogP contribution in [-0.2, 0) is 0 Å². The number of nitrogens with zero attached hydrogens (tertiary/aromatic N) is 2. The molecule has 33 heavy (non-hydrogen) atoms. The zero-order valence-electron chi connectivity index (χ0n) is 18.5. The lowest BCUT2D eigenvalue weighted by Crippen LogP contribution is -2.18. The summed E-state index contributed by atoms with van der Waals surface area (Å²) in [4.78, 5) is 17.8. The van der Waals surface area contributed by atoms with Crippen LogP contribution in [0.3, 0.4) is 0 Å². The van der Waals surface area contributed by atoms with Crippen LogP contribution in [0.25, 0.3) is 22.2 Å². The maximum Gasteiger partial charge on any atom is 0.272 e. The first-order valence-electron chi connectivity index (χ1n) is 10.2. The number of methoxy groups -OCH3 is 3. The van der Waals surface area contributed by atoms with Crippen LogP contribution in [0.1, 0.15) is 15.9 Å². The van der Waals surface area contributed by atoms with Crippen molar-refractivity contribution in [2.45, 2.75) is 0 Å². The molecule has 4 aromatic rings. The van der Waals surface area contributed by atoms with Crippen molar-refractivity contribution in [3.63, 3.8) is 0 Å². The predicted octanol–water partition coefficient (Wildman–Crippen LogP) is 4.69. The van der Waals surface area contributed by atoms with Gasteiger partial charge in [0.25, 0.3) is 5.91 Å². The standard InChI is InChI=1S/C26H23N3O4/c1-31-23-14-13-18(24(32-2)25(23)33-3)16-27-29-26(30)20-15-22(17-9-5-4-6-10-17)28-21-12-8-7-11-19(20)21/h4-16H,1-3H3,(H,29,30)/b27-16+. The fourth-order valence-corrected chi connectivity index (χ4v) is 3.57. The molecule has 0 saturated heterocycles. The van der Waals surface area contributed by atoms with Crippen molar-refractivity contribution in [1.82, 2.24) is 10.4 Å². The molecule has 0 spiro atoms. The van der Waals surface area contributed by atoms with Gasteiger partial charge in [0.15, 0.2) is 11.5 Å². The smallest absolute Gasteiger partial charge is 0.272 e. The Kier molecular flexibility index (Phi) is 6.50. The van der Waals surface area contributed by atoms with Crippen molar-refractivity contribution in [3.8, 4) is 28.5 Å². The number of carbonyl (C=O) groups excluding carboxylic acids is 1. The molecule has 0 saturated carbocycles. The second kappa shape index (κ2) is 9.82. The zero-order valence-corrected chi connectivity index (χ0v) is 18.5. The number of hydrazone groups is 1. The first-order valence-corrected chi connectivity index (χ1v) is 10.2. The average Bonchev–Trinajstić information content (AvgIpc) is 2.87. The third-order valence-corrected chi connectivity index (χ3v) is 5.13. The summed E-state index contributed by atoms with van der Waals surface area (Å²) in [6.07, 6.45) is 1.50. The Balaban J connectivity index is 1.66. The molecule has 1 aromatic heterocycles. The molecular formula is C26H23N3O4. The number of para-hydroxylation sites is 1. The summed E-state index contributed by atoms with van der Waals surface area (Å²) in [7, 11) is 4.61. The molecule has 1 heterocycles. The van der Waals surface area contributed by atoms with E-state index in [4.69, 9.17) is 19.2 Å². The van der Waals surface area contributed by atoms with Gasteiger partial charge in [0, 0.05) is 16.5 Å². The van der Waals surface area contributed by atoms with E-state index >= 15 is 0 Å². The quantitative estimate of drug-likeness (QED) is 0.332. The third kappa shape index (κ3) is 4.48. The Bertz CT molecular complexity index is 1320. The highest BCUT2D eigenvalue weighted by molar-refractivity contribution is 6.07. The minimum Gasteiger partial charge on any atom is -0.493 e. The van der Waals surface area contributed by atoms with Crippen LogP contribution in [0.15, 0.2) is 77.9 Å². The highest BCUT2D eigenvalue weighted by atomic mass is 16.5. The van der Waals surface area contributed by atoms with Gasteiger partial charge in [0.2, 0.25) is 5.75 Å². The molecule has 0 radical (unpaired) electrons.